The summed E-state index contributed by atoms with van der Waals surface area (Å²) in [4.78, 5) is 47.4. The van der Waals surface area contributed by atoms with Gasteiger partial charge in [-0.2, -0.15) is 0 Å². The number of halogens is 1. The van der Waals surface area contributed by atoms with Gasteiger partial charge in [-0.15, -0.1) is 0 Å². The van der Waals surface area contributed by atoms with Crippen LogP contribution in [0.1, 0.15) is 26.3 Å². The Kier molecular flexibility index (Phi) is 6.74. The highest BCUT2D eigenvalue weighted by molar-refractivity contribution is 6.33. The van der Waals surface area contributed by atoms with Crippen molar-refractivity contribution in [3.8, 4) is 0 Å². The highest BCUT2D eigenvalue weighted by Gasteiger charge is 2.19. The smallest absolute Gasteiger partial charge is 0.340 e. The number of nitro groups is 1. The number of rotatable bonds is 7. The molecule has 0 atom stereocenters. The zero-order valence-corrected chi connectivity index (χ0v) is 16.7. The van der Waals surface area contributed by atoms with E-state index in [4.69, 9.17) is 16.3 Å². The first kappa shape index (κ1) is 21.7. The lowest BCUT2D eigenvalue weighted by Gasteiger charge is -2.11. The molecule has 0 aromatic heterocycles. The Labute approximate surface area is 181 Å². The fourth-order valence-electron chi connectivity index (χ4n) is 2.71. The molecule has 9 heteroatoms. The van der Waals surface area contributed by atoms with Crippen molar-refractivity contribution in [2.24, 2.45) is 0 Å². The molecule has 0 radical (unpaired) electrons. The molecule has 0 heterocycles. The molecule has 0 spiro atoms. The molecule has 0 aliphatic carbocycles. The van der Waals surface area contributed by atoms with Crippen molar-refractivity contribution >= 4 is 40.6 Å². The fourth-order valence-corrected chi connectivity index (χ4v) is 2.91. The summed E-state index contributed by atoms with van der Waals surface area (Å²) in [5.74, 6) is -1.96. The normalized spacial score (nSPS) is 10.2. The van der Waals surface area contributed by atoms with E-state index in [1.54, 1.807) is 54.6 Å². The molecule has 3 aromatic rings. The molecule has 0 aliphatic heterocycles. The van der Waals surface area contributed by atoms with Crippen LogP contribution in [0, 0.1) is 10.1 Å². The van der Waals surface area contributed by atoms with E-state index in [1.165, 1.54) is 6.07 Å². The maximum atomic E-state index is 12.7. The van der Waals surface area contributed by atoms with Crippen LogP contribution >= 0.6 is 11.6 Å². The Morgan fingerprint density at radius 1 is 0.935 bits per heavy atom. The van der Waals surface area contributed by atoms with Crippen molar-refractivity contribution < 1.29 is 24.0 Å². The molecule has 3 aromatic carbocycles. The van der Waals surface area contributed by atoms with Gasteiger partial charge in [0.2, 0.25) is 0 Å². The van der Waals surface area contributed by atoms with Crippen molar-refractivity contribution in [2.45, 2.75) is 0 Å². The molecule has 0 unspecified atom stereocenters. The number of non-ortho nitro benzene ring substituents is 1. The summed E-state index contributed by atoms with van der Waals surface area (Å²) < 4.78 is 4.92. The molecule has 0 aliphatic rings. The molecule has 1 N–H and O–H groups in total. The molecule has 0 fully saturated rings. The van der Waals surface area contributed by atoms with E-state index in [1.807, 2.05) is 0 Å². The average Bonchev–Trinajstić information content (AvgIpc) is 2.78. The third kappa shape index (κ3) is 5.31. The van der Waals surface area contributed by atoms with Crippen LogP contribution in [0.5, 0.6) is 0 Å². The van der Waals surface area contributed by atoms with E-state index < -0.39 is 23.4 Å². The number of ether oxygens (including phenoxy) is 1. The molecule has 1 amide bonds. The number of para-hydroxylation sites is 1. The number of ketones is 1. The van der Waals surface area contributed by atoms with E-state index in [2.05, 4.69) is 5.32 Å². The van der Waals surface area contributed by atoms with Crippen LogP contribution in [0.15, 0.2) is 72.8 Å². The maximum absolute atomic E-state index is 12.7. The van der Waals surface area contributed by atoms with Gasteiger partial charge >= 0.3 is 5.97 Å². The van der Waals surface area contributed by atoms with Crippen molar-refractivity contribution in [3.63, 3.8) is 0 Å². The van der Waals surface area contributed by atoms with Gasteiger partial charge < -0.3 is 10.1 Å². The van der Waals surface area contributed by atoms with E-state index >= 15 is 0 Å². The predicted octanol–water partition coefficient (Wildman–Crippen LogP) is 4.27. The van der Waals surface area contributed by atoms with Crippen LogP contribution in [0.4, 0.5) is 11.4 Å². The Hall–Kier alpha value is -4.04. The van der Waals surface area contributed by atoms with E-state index in [-0.39, 0.29) is 33.3 Å². The zero-order chi connectivity index (χ0) is 22.4. The Bertz CT molecular complexity index is 1160. The predicted molar refractivity (Wildman–Crippen MR) is 113 cm³/mol. The second-order valence-electron chi connectivity index (χ2n) is 6.29. The van der Waals surface area contributed by atoms with Gasteiger partial charge in [0.1, 0.15) is 0 Å². The number of carbonyl (C=O) groups is 3. The van der Waals surface area contributed by atoms with Gasteiger partial charge in [0.15, 0.2) is 12.4 Å². The molecular weight excluding hydrogens is 424 g/mol. The summed E-state index contributed by atoms with van der Waals surface area (Å²) in [6.45, 7) is -0.675. The number of benzene rings is 3. The summed E-state index contributed by atoms with van der Waals surface area (Å²) in [7, 11) is 0. The van der Waals surface area contributed by atoms with Crippen LogP contribution in [0.25, 0.3) is 0 Å². The second kappa shape index (κ2) is 9.64. The second-order valence-corrected chi connectivity index (χ2v) is 6.69. The van der Waals surface area contributed by atoms with Crippen LogP contribution in [-0.4, -0.2) is 29.2 Å². The number of nitro benzene ring substituents is 1. The average molecular weight is 439 g/mol. The van der Waals surface area contributed by atoms with Gasteiger partial charge in [0.25, 0.3) is 11.6 Å². The minimum Gasteiger partial charge on any atom is -0.452 e. The third-order valence-corrected chi connectivity index (χ3v) is 4.53. The van der Waals surface area contributed by atoms with Crippen molar-refractivity contribution in [1.82, 2.24) is 0 Å². The first-order chi connectivity index (χ1) is 14.9. The van der Waals surface area contributed by atoms with Crippen molar-refractivity contribution in [3.05, 3.63) is 105 Å². The Morgan fingerprint density at radius 2 is 1.61 bits per heavy atom. The lowest BCUT2D eigenvalue weighted by molar-refractivity contribution is -0.384. The molecule has 0 saturated heterocycles. The summed E-state index contributed by atoms with van der Waals surface area (Å²) in [5.41, 5.74) is 0.411. The number of hydrogen-bond acceptors (Lipinski definition) is 6. The largest absolute Gasteiger partial charge is 0.452 e. The molecular formula is C22H15ClN2O6. The van der Waals surface area contributed by atoms with E-state index in [0.29, 0.717) is 5.56 Å². The highest BCUT2D eigenvalue weighted by atomic mass is 35.5. The minimum absolute atomic E-state index is 0.0465. The number of anilines is 1. The number of hydrogen-bond donors (Lipinski definition) is 1. The number of amides is 1. The highest BCUT2D eigenvalue weighted by Crippen LogP contribution is 2.23. The van der Waals surface area contributed by atoms with Crippen molar-refractivity contribution in [1.29, 1.82) is 0 Å². The SMILES string of the molecule is O=C(COC(=O)c1cc([N+](=O)[O-])ccc1Cl)Nc1ccccc1C(=O)c1ccccc1. The lowest BCUT2D eigenvalue weighted by atomic mass is 10.0. The Morgan fingerprint density at radius 3 is 2.32 bits per heavy atom. The van der Waals surface area contributed by atoms with E-state index in [0.717, 1.165) is 12.1 Å². The summed E-state index contributed by atoms with van der Waals surface area (Å²) in [6, 6.07) is 18.3. The van der Waals surface area contributed by atoms with Gasteiger partial charge in [-0.05, 0) is 18.2 Å². The van der Waals surface area contributed by atoms with Gasteiger partial charge in [-0.25, -0.2) is 4.79 Å². The van der Waals surface area contributed by atoms with Gasteiger partial charge in [-0.1, -0.05) is 54.1 Å². The number of esters is 1. The molecule has 156 valence electrons. The van der Waals surface area contributed by atoms with Crippen LogP contribution in [0.2, 0.25) is 5.02 Å². The first-order valence-electron chi connectivity index (χ1n) is 8.96. The monoisotopic (exact) mass is 438 g/mol. The molecule has 3 rings (SSSR count). The quantitative estimate of drug-likeness (QED) is 0.255. The van der Waals surface area contributed by atoms with Crippen LogP contribution in [0.3, 0.4) is 0 Å². The summed E-state index contributed by atoms with van der Waals surface area (Å²) in [6.07, 6.45) is 0. The molecule has 0 bridgehead atoms. The zero-order valence-electron chi connectivity index (χ0n) is 15.9. The summed E-state index contributed by atoms with van der Waals surface area (Å²) >= 11 is 5.89. The van der Waals surface area contributed by atoms with Crippen molar-refractivity contribution in [2.75, 3.05) is 11.9 Å². The number of carbonyl (C=O) groups excluding carboxylic acids is 3. The van der Waals surface area contributed by atoms with Gasteiger partial charge in [0, 0.05) is 23.3 Å². The van der Waals surface area contributed by atoms with Gasteiger partial charge in [-0.3, -0.25) is 19.7 Å². The Balaban J connectivity index is 1.69. The van der Waals surface area contributed by atoms with Crippen LogP contribution in [-0.2, 0) is 9.53 Å². The number of nitrogens with zero attached hydrogens (tertiary/aromatic N) is 1. The maximum Gasteiger partial charge on any atom is 0.340 e. The number of nitrogens with one attached hydrogen (secondary N) is 1. The van der Waals surface area contributed by atoms with Gasteiger partial charge in [0.05, 0.1) is 21.2 Å². The fraction of sp³-hybridized carbons (Fsp3) is 0.0455. The molecule has 31 heavy (non-hydrogen) atoms. The standard InChI is InChI=1S/C22H15ClN2O6/c23-18-11-10-15(25(29)30)12-17(18)22(28)31-13-20(26)24-19-9-5-4-8-16(19)21(27)14-6-2-1-3-7-14/h1-12H,13H2,(H,24,26). The third-order valence-electron chi connectivity index (χ3n) is 4.20. The topological polar surface area (TPSA) is 116 Å². The molecule has 8 nitrogen and oxygen atoms in total. The minimum atomic E-state index is -0.988. The summed E-state index contributed by atoms with van der Waals surface area (Å²) in [5, 5.41) is 13.4. The van der Waals surface area contributed by atoms with Crippen LogP contribution < -0.4 is 5.32 Å². The lowest BCUT2D eigenvalue weighted by Crippen LogP contribution is -2.22. The molecule has 0 saturated carbocycles. The van der Waals surface area contributed by atoms with E-state index in [9.17, 15) is 24.5 Å². The first-order valence-corrected chi connectivity index (χ1v) is 9.34.